The standard InChI is InChI=1S/C22H25FIN3O4/c1-4-10-31-20-17(24)11-15(12-19(20)30-5-2)13-25-27-22(29)14(3)21(28)26-18-9-7-6-8-16(18)23/h6-9,11-14H,4-5,10H2,1-3H3,(H,26,28)(H,27,29). The SMILES string of the molecule is CCCOc1c(I)cc(C=NNC(=O)C(C)C(=O)Nc2ccccc2F)cc1OCC. The van der Waals surface area contributed by atoms with E-state index < -0.39 is 23.5 Å². The zero-order chi connectivity index (χ0) is 22.8. The Morgan fingerprint density at radius 2 is 1.94 bits per heavy atom. The highest BCUT2D eigenvalue weighted by atomic mass is 127. The van der Waals surface area contributed by atoms with Gasteiger partial charge in [-0.3, -0.25) is 9.59 Å². The predicted octanol–water partition coefficient (Wildman–Crippen LogP) is 4.34. The van der Waals surface area contributed by atoms with Gasteiger partial charge < -0.3 is 14.8 Å². The van der Waals surface area contributed by atoms with Crippen molar-refractivity contribution >= 4 is 46.3 Å². The topological polar surface area (TPSA) is 89.0 Å². The number of rotatable bonds is 10. The summed E-state index contributed by atoms with van der Waals surface area (Å²) in [6, 6.07) is 9.35. The van der Waals surface area contributed by atoms with Gasteiger partial charge in [-0.25, -0.2) is 9.82 Å². The number of nitrogens with zero attached hydrogens (tertiary/aromatic N) is 1. The van der Waals surface area contributed by atoms with Crippen molar-refractivity contribution in [3.8, 4) is 11.5 Å². The van der Waals surface area contributed by atoms with E-state index in [1.807, 2.05) is 19.9 Å². The van der Waals surface area contributed by atoms with Crippen LogP contribution in [0.1, 0.15) is 32.8 Å². The van der Waals surface area contributed by atoms with Gasteiger partial charge in [-0.15, -0.1) is 0 Å². The van der Waals surface area contributed by atoms with Gasteiger partial charge in [-0.2, -0.15) is 5.10 Å². The molecule has 0 saturated carbocycles. The first kappa shape index (κ1) is 24.6. The summed E-state index contributed by atoms with van der Waals surface area (Å²) in [7, 11) is 0. The molecule has 0 aliphatic heterocycles. The largest absolute Gasteiger partial charge is 0.490 e. The van der Waals surface area contributed by atoms with E-state index in [0.29, 0.717) is 30.3 Å². The number of halogens is 2. The van der Waals surface area contributed by atoms with Gasteiger partial charge in [0, 0.05) is 0 Å². The van der Waals surface area contributed by atoms with E-state index in [0.717, 1.165) is 9.99 Å². The number of carbonyl (C=O) groups is 2. The number of nitrogens with one attached hydrogen (secondary N) is 2. The lowest BCUT2D eigenvalue weighted by atomic mass is 10.1. The Labute approximate surface area is 194 Å². The minimum absolute atomic E-state index is 0.0130. The molecule has 7 nitrogen and oxygen atoms in total. The summed E-state index contributed by atoms with van der Waals surface area (Å²) in [6.45, 7) is 6.37. The Morgan fingerprint density at radius 3 is 2.61 bits per heavy atom. The number of hydrazone groups is 1. The Kier molecular flexibility index (Phi) is 9.70. The molecule has 0 aliphatic rings. The quantitative estimate of drug-likeness (QED) is 0.203. The molecule has 1 atom stereocenters. The molecule has 1 unspecified atom stereocenters. The van der Waals surface area contributed by atoms with Gasteiger partial charge in [0.15, 0.2) is 11.5 Å². The van der Waals surface area contributed by atoms with Gasteiger partial charge >= 0.3 is 0 Å². The molecule has 0 radical (unpaired) electrons. The average Bonchev–Trinajstić information content (AvgIpc) is 2.74. The third kappa shape index (κ3) is 7.20. The zero-order valence-electron chi connectivity index (χ0n) is 17.6. The summed E-state index contributed by atoms with van der Waals surface area (Å²) in [6.07, 6.45) is 2.33. The second-order valence-corrected chi connectivity index (χ2v) is 7.70. The van der Waals surface area contributed by atoms with Crippen molar-refractivity contribution in [1.82, 2.24) is 5.43 Å². The van der Waals surface area contributed by atoms with Gasteiger partial charge in [-0.05, 0) is 72.7 Å². The van der Waals surface area contributed by atoms with E-state index in [4.69, 9.17) is 9.47 Å². The third-order valence-corrected chi connectivity index (χ3v) is 4.89. The van der Waals surface area contributed by atoms with Crippen molar-refractivity contribution < 1.29 is 23.5 Å². The lowest BCUT2D eigenvalue weighted by molar-refractivity contribution is -0.131. The Morgan fingerprint density at radius 1 is 1.19 bits per heavy atom. The number of ether oxygens (including phenoxy) is 2. The van der Waals surface area contributed by atoms with Crippen molar-refractivity contribution in [2.45, 2.75) is 27.2 Å². The number of hydrogen-bond donors (Lipinski definition) is 2. The lowest BCUT2D eigenvalue weighted by Gasteiger charge is -2.14. The molecule has 2 aromatic carbocycles. The van der Waals surface area contributed by atoms with Gasteiger partial charge in [0.2, 0.25) is 5.91 Å². The van der Waals surface area contributed by atoms with E-state index in [2.05, 4.69) is 38.4 Å². The minimum Gasteiger partial charge on any atom is -0.490 e. The molecule has 0 spiro atoms. The monoisotopic (exact) mass is 541 g/mol. The Balaban J connectivity index is 2.02. The van der Waals surface area contributed by atoms with Crippen LogP contribution in [0.15, 0.2) is 41.5 Å². The maximum atomic E-state index is 13.7. The van der Waals surface area contributed by atoms with Crippen LogP contribution < -0.4 is 20.2 Å². The molecule has 0 fully saturated rings. The fourth-order valence-electron chi connectivity index (χ4n) is 2.46. The van der Waals surface area contributed by atoms with E-state index in [1.54, 1.807) is 12.1 Å². The molecular weight excluding hydrogens is 516 g/mol. The summed E-state index contributed by atoms with van der Waals surface area (Å²) in [5.41, 5.74) is 3.04. The maximum absolute atomic E-state index is 13.7. The summed E-state index contributed by atoms with van der Waals surface area (Å²) in [5.74, 6) is -1.64. The number of amides is 2. The highest BCUT2D eigenvalue weighted by Gasteiger charge is 2.22. The molecule has 0 bridgehead atoms. The van der Waals surface area contributed by atoms with Crippen LogP contribution in [0.3, 0.4) is 0 Å². The Hall–Kier alpha value is -2.69. The summed E-state index contributed by atoms with van der Waals surface area (Å²) in [5, 5.41) is 6.32. The van der Waals surface area contributed by atoms with E-state index in [9.17, 15) is 14.0 Å². The number of benzene rings is 2. The molecule has 0 heterocycles. The zero-order valence-corrected chi connectivity index (χ0v) is 19.7. The number of anilines is 1. The molecule has 166 valence electrons. The highest BCUT2D eigenvalue weighted by Crippen LogP contribution is 2.34. The molecule has 0 aromatic heterocycles. The smallest absolute Gasteiger partial charge is 0.252 e. The molecule has 2 aromatic rings. The van der Waals surface area contributed by atoms with Crippen molar-refractivity contribution in [3.63, 3.8) is 0 Å². The van der Waals surface area contributed by atoms with Crippen LogP contribution in [-0.2, 0) is 9.59 Å². The second-order valence-electron chi connectivity index (χ2n) is 6.54. The molecule has 2 N–H and O–H groups in total. The lowest BCUT2D eigenvalue weighted by Crippen LogP contribution is -2.34. The van der Waals surface area contributed by atoms with Crippen molar-refractivity contribution in [3.05, 3.63) is 51.3 Å². The molecule has 0 aliphatic carbocycles. The molecule has 2 amide bonds. The highest BCUT2D eigenvalue weighted by molar-refractivity contribution is 14.1. The van der Waals surface area contributed by atoms with Crippen LogP contribution in [0.4, 0.5) is 10.1 Å². The van der Waals surface area contributed by atoms with E-state index in [-0.39, 0.29) is 5.69 Å². The van der Waals surface area contributed by atoms with Crippen LogP contribution in [0.25, 0.3) is 0 Å². The number of hydrogen-bond acceptors (Lipinski definition) is 5. The van der Waals surface area contributed by atoms with Gasteiger partial charge in [0.1, 0.15) is 11.7 Å². The van der Waals surface area contributed by atoms with Crippen LogP contribution in [0, 0.1) is 15.3 Å². The summed E-state index contributed by atoms with van der Waals surface area (Å²) < 4.78 is 25.9. The van der Waals surface area contributed by atoms with Gasteiger partial charge in [0.05, 0.1) is 28.7 Å². The molecule has 31 heavy (non-hydrogen) atoms. The normalized spacial score (nSPS) is 11.8. The first-order valence-electron chi connectivity index (χ1n) is 9.84. The number of carbonyl (C=O) groups excluding carboxylic acids is 2. The van der Waals surface area contributed by atoms with Crippen LogP contribution >= 0.6 is 22.6 Å². The van der Waals surface area contributed by atoms with Crippen LogP contribution in [0.2, 0.25) is 0 Å². The summed E-state index contributed by atoms with van der Waals surface area (Å²) in [4.78, 5) is 24.4. The van der Waals surface area contributed by atoms with Crippen molar-refractivity contribution in [1.29, 1.82) is 0 Å². The first-order valence-corrected chi connectivity index (χ1v) is 10.9. The maximum Gasteiger partial charge on any atom is 0.252 e. The average molecular weight is 541 g/mol. The number of para-hydroxylation sites is 1. The van der Waals surface area contributed by atoms with Crippen molar-refractivity contribution in [2.75, 3.05) is 18.5 Å². The van der Waals surface area contributed by atoms with Crippen LogP contribution in [-0.4, -0.2) is 31.2 Å². The fraction of sp³-hybridized carbons (Fsp3) is 0.318. The van der Waals surface area contributed by atoms with Gasteiger partial charge in [0.25, 0.3) is 5.91 Å². The molecule has 0 saturated heterocycles. The third-order valence-electron chi connectivity index (χ3n) is 4.09. The minimum atomic E-state index is -1.07. The fourth-order valence-corrected chi connectivity index (χ4v) is 3.24. The molecule has 2 rings (SSSR count). The summed E-state index contributed by atoms with van der Waals surface area (Å²) >= 11 is 2.15. The van der Waals surface area contributed by atoms with E-state index >= 15 is 0 Å². The first-order chi connectivity index (χ1) is 14.9. The molecular formula is C22H25FIN3O4. The van der Waals surface area contributed by atoms with E-state index in [1.165, 1.54) is 31.3 Å². The second kappa shape index (κ2) is 12.2. The van der Waals surface area contributed by atoms with Crippen LogP contribution in [0.5, 0.6) is 11.5 Å². The van der Waals surface area contributed by atoms with Gasteiger partial charge in [-0.1, -0.05) is 19.1 Å². The predicted molar refractivity (Wildman–Crippen MR) is 126 cm³/mol. The van der Waals surface area contributed by atoms with Crippen molar-refractivity contribution in [2.24, 2.45) is 11.0 Å². The Bertz CT molecular complexity index is 952. The molecule has 9 heteroatoms.